The predicted molar refractivity (Wildman–Crippen MR) is 82.4 cm³/mol. The third-order valence-corrected chi connectivity index (χ3v) is 5.19. The van der Waals surface area contributed by atoms with E-state index in [2.05, 4.69) is 18.2 Å². The number of thioether (sulfide) groups is 1. The SMILES string of the molecule is NC1c2ccccc2CCCC1Sc1cccc(F)c1. The highest BCUT2D eigenvalue weighted by molar-refractivity contribution is 8.00. The van der Waals surface area contributed by atoms with E-state index in [9.17, 15) is 4.39 Å². The van der Waals surface area contributed by atoms with Gasteiger partial charge in [-0.25, -0.2) is 4.39 Å². The average molecular weight is 287 g/mol. The van der Waals surface area contributed by atoms with E-state index in [1.165, 1.54) is 17.2 Å². The fourth-order valence-electron chi connectivity index (χ4n) is 2.81. The summed E-state index contributed by atoms with van der Waals surface area (Å²) in [4.78, 5) is 0.963. The molecule has 2 atom stereocenters. The van der Waals surface area contributed by atoms with Crippen LogP contribution in [-0.4, -0.2) is 5.25 Å². The third-order valence-electron chi connectivity index (χ3n) is 3.83. The van der Waals surface area contributed by atoms with E-state index >= 15 is 0 Å². The molecule has 0 saturated heterocycles. The van der Waals surface area contributed by atoms with Crippen molar-refractivity contribution in [2.75, 3.05) is 0 Å². The number of aryl methyl sites for hydroxylation is 1. The highest BCUT2D eigenvalue weighted by Gasteiger charge is 2.25. The minimum atomic E-state index is -0.183. The molecule has 20 heavy (non-hydrogen) atoms. The predicted octanol–water partition coefficient (Wildman–Crippen LogP) is 4.32. The summed E-state index contributed by atoms with van der Waals surface area (Å²) in [6.07, 6.45) is 3.29. The molecule has 2 N–H and O–H groups in total. The van der Waals surface area contributed by atoms with Crippen molar-refractivity contribution in [3.8, 4) is 0 Å². The summed E-state index contributed by atoms with van der Waals surface area (Å²) in [7, 11) is 0. The Labute approximate surface area is 123 Å². The van der Waals surface area contributed by atoms with E-state index in [0.717, 1.165) is 24.2 Å². The van der Waals surface area contributed by atoms with Crippen molar-refractivity contribution in [2.45, 2.75) is 35.4 Å². The van der Waals surface area contributed by atoms with E-state index in [1.807, 2.05) is 12.1 Å². The first kappa shape index (κ1) is 13.7. The normalized spacial score (nSPS) is 22.1. The van der Waals surface area contributed by atoms with Gasteiger partial charge in [0, 0.05) is 16.2 Å². The van der Waals surface area contributed by atoms with Crippen LogP contribution in [0.15, 0.2) is 53.4 Å². The van der Waals surface area contributed by atoms with Gasteiger partial charge in [-0.15, -0.1) is 11.8 Å². The van der Waals surface area contributed by atoms with Gasteiger partial charge < -0.3 is 5.73 Å². The Morgan fingerprint density at radius 3 is 2.80 bits per heavy atom. The summed E-state index contributed by atoms with van der Waals surface area (Å²) in [6.45, 7) is 0. The van der Waals surface area contributed by atoms with Crippen LogP contribution in [0.2, 0.25) is 0 Å². The number of hydrogen-bond acceptors (Lipinski definition) is 2. The molecular formula is C17H18FNS. The molecule has 0 aliphatic heterocycles. The van der Waals surface area contributed by atoms with Crippen LogP contribution in [0.4, 0.5) is 4.39 Å². The molecule has 1 aliphatic rings. The van der Waals surface area contributed by atoms with Crippen molar-refractivity contribution in [2.24, 2.45) is 5.73 Å². The summed E-state index contributed by atoms with van der Waals surface area (Å²) in [5.74, 6) is -0.183. The summed E-state index contributed by atoms with van der Waals surface area (Å²) >= 11 is 1.70. The lowest BCUT2D eigenvalue weighted by molar-refractivity contribution is 0.621. The van der Waals surface area contributed by atoms with Gasteiger partial charge in [0.15, 0.2) is 0 Å². The van der Waals surface area contributed by atoms with Gasteiger partial charge in [0.25, 0.3) is 0 Å². The van der Waals surface area contributed by atoms with Crippen molar-refractivity contribution in [3.63, 3.8) is 0 Å². The number of rotatable bonds is 2. The summed E-state index contributed by atoms with van der Waals surface area (Å²) in [5.41, 5.74) is 9.07. The second-order valence-corrected chi connectivity index (χ2v) is 6.54. The molecular weight excluding hydrogens is 269 g/mol. The number of fused-ring (bicyclic) bond motifs is 1. The molecule has 3 heteroatoms. The molecule has 0 bridgehead atoms. The molecule has 2 unspecified atom stereocenters. The second kappa shape index (κ2) is 5.98. The van der Waals surface area contributed by atoms with Gasteiger partial charge in [-0.3, -0.25) is 0 Å². The molecule has 0 fully saturated rings. The molecule has 2 aromatic rings. The fourth-order valence-corrected chi connectivity index (χ4v) is 4.07. The lowest BCUT2D eigenvalue weighted by Crippen LogP contribution is -2.23. The highest BCUT2D eigenvalue weighted by atomic mass is 32.2. The quantitative estimate of drug-likeness (QED) is 0.832. The minimum Gasteiger partial charge on any atom is -0.323 e. The van der Waals surface area contributed by atoms with Gasteiger partial charge in [-0.2, -0.15) is 0 Å². The van der Waals surface area contributed by atoms with Crippen molar-refractivity contribution in [1.82, 2.24) is 0 Å². The van der Waals surface area contributed by atoms with Gasteiger partial charge in [-0.1, -0.05) is 30.3 Å². The lowest BCUT2D eigenvalue weighted by Gasteiger charge is -2.22. The molecule has 0 aromatic heterocycles. The molecule has 3 rings (SSSR count). The largest absolute Gasteiger partial charge is 0.323 e. The zero-order valence-electron chi connectivity index (χ0n) is 11.3. The van der Waals surface area contributed by atoms with Crippen molar-refractivity contribution in [3.05, 3.63) is 65.5 Å². The fraction of sp³-hybridized carbons (Fsp3) is 0.294. The van der Waals surface area contributed by atoms with Crippen LogP contribution in [0, 0.1) is 5.82 Å². The zero-order chi connectivity index (χ0) is 13.9. The molecule has 1 nitrogen and oxygen atoms in total. The monoisotopic (exact) mass is 287 g/mol. The van der Waals surface area contributed by atoms with Gasteiger partial charge >= 0.3 is 0 Å². The van der Waals surface area contributed by atoms with Gasteiger partial charge in [0.2, 0.25) is 0 Å². The van der Waals surface area contributed by atoms with E-state index in [1.54, 1.807) is 23.9 Å². The standard InChI is InChI=1S/C17H18FNS/c18-13-7-4-8-14(11-13)20-16-10-3-6-12-5-1-2-9-15(12)17(16)19/h1-2,4-5,7-9,11,16-17H,3,6,10,19H2. The van der Waals surface area contributed by atoms with E-state index in [0.29, 0.717) is 5.25 Å². The van der Waals surface area contributed by atoms with E-state index in [4.69, 9.17) is 5.73 Å². The van der Waals surface area contributed by atoms with Crippen molar-refractivity contribution in [1.29, 1.82) is 0 Å². The maximum absolute atomic E-state index is 13.3. The molecule has 2 aromatic carbocycles. The Morgan fingerprint density at radius 2 is 1.95 bits per heavy atom. The van der Waals surface area contributed by atoms with Crippen LogP contribution in [-0.2, 0) is 6.42 Å². The van der Waals surface area contributed by atoms with Gasteiger partial charge in [0.05, 0.1) is 0 Å². The Kier molecular flexibility index (Phi) is 4.08. The van der Waals surface area contributed by atoms with Crippen LogP contribution >= 0.6 is 11.8 Å². The van der Waals surface area contributed by atoms with Crippen LogP contribution in [0.5, 0.6) is 0 Å². The van der Waals surface area contributed by atoms with Crippen molar-refractivity contribution < 1.29 is 4.39 Å². The third kappa shape index (κ3) is 2.89. The first-order valence-electron chi connectivity index (χ1n) is 6.99. The Morgan fingerprint density at radius 1 is 1.10 bits per heavy atom. The average Bonchev–Trinajstić information content (AvgIpc) is 2.60. The summed E-state index contributed by atoms with van der Waals surface area (Å²) < 4.78 is 13.3. The lowest BCUT2D eigenvalue weighted by atomic mass is 10.00. The number of nitrogens with two attached hydrogens (primary N) is 1. The number of hydrogen-bond donors (Lipinski definition) is 1. The highest BCUT2D eigenvalue weighted by Crippen LogP contribution is 2.37. The van der Waals surface area contributed by atoms with Crippen LogP contribution in [0.3, 0.4) is 0 Å². The topological polar surface area (TPSA) is 26.0 Å². The van der Waals surface area contributed by atoms with Gasteiger partial charge in [0.1, 0.15) is 5.82 Å². The number of halogens is 1. The molecule has 0 saturated carbocycles. The zero-order valence-corrected chi connectivity index (χ0v) is 12.1. The van der Waals surface area contributed by atoms with Gasteiger partial charge in [-0.05, 0) is 48.6 Å². The Hall–Kier alpha value is -1.32. The first-order chi connectivity index (χ1) is 9.74. The first-order valence-corrected chi connectivity index (χ1v) is 7.87. The molecule has 0 radical (unpaired) electrons. The molecule has 104 valence electrons. The Balaban J connectivity index is 1.84. The molecule has 1 aliphatic carbocycles. The summed E-state index contributed by atoms with van der Waals surface area (Å²) in [5, 5.41) is 0.306. The maximum Gasteiger partial charge on any atom is 0.124 e. The molecule has 0 amide bonds. The van der Waals surface area contributed by atoms with Crippen LogP contribution in [0.25, 0.3) is 0 Å². The van der Waals surface area contributed by atoms with Crippen molar-refractivity contribution >= 4 is 11.8 Å². The molecule has 0 spiro atoms. The summed E-state index contributed by atoms with van der Waals surface area (Å²) in [6, 6.07) is 15.2. The minimum absolute atomic E-state index is 0.0157. The molecule has 0 heterocycles. The smallest absolute Gasteiger partial charge is 0.124 e. The number of benzene rings is 2. The van der Waals surface area contributed by atoms with Crippen LogP contribution < -0.4 is 5.73 Å². The maximum atomic E-state index is 13.3. The van der Waals surface area contributed by atoms with E-state index in [-0.39, 0.29) is 11.9 Å². The second-order valence-electron chi connectivity index (χ2n) is 5.23. The Bertz CT molecular complexity index is 599. The van der Waals surface area contributed by atoms with E-state index < -0.39 is 0 Å². The van der Waals surface area contributed by atoms with Crippen LogP contribution in [0.1, 0.15) is 30.0 Å².